The number of aryl methyl sites for hydroxylation is 1. The van der Waals surface area contributed by atoms with Crippen molar-refractivity contribution in [2.75, 3.05) is 75.6 Å². The minimum absolute atomic E-state index is 0. The number of pyridine rings is 4. The zero-order valence-electron chi connectivity index (χ0n) is 77.6. The van der Waals surface area contributed by atoms with Crippen molar-refractivity contribution in [1.29, 1.82) is 0 Å². The first-order valence-corrected chi connectivity index (χ1v) is 44.9. The van der Waals surface area contributed by atoms with Crippen LogP contribution in [0.15, 0.2) is 379 Å². The van der Waals surface area contributed by atoms with Gasteiger partial charge in [0.15, 0.2) is 0 Å². The molecule has 0 saturated heterocycles. The van der Waals surface area contributed by atoms with Gasteiger partial charge in [0, 0.05) is 207 Å². The third-order valence-electron chi connectivity index (χ3n) is 22.2. The summed E-state index contributed by atoms with van der Waals surface area (Å²) in [5.41, 5.74) is 19.0. The van der Waals surface area contributed by atoms with Crippen LogP contribution < -0.4 is 68.6 Å². The van der Waals surface area contributed by atoms with Crippen molar-refractivity contribution < 1.29 is 141 Å². The van der Waals surface area contributed by atoms with Crippen LogP contribution in [0.25, 0.3) is 0 Å². The summed E-state index contributed by atoms with van der Waals surface area (Å²) in [7, 11) is 1.97. The maximum absolute atomic E-state index is 4.46. The molecule has 0 aliphatic carbocycles. The molecule has 7 aliphatic rings. The smallest absolute Gasteiger partial charge is 0.130 e. The predicted octanol–water partition coefficient (Wildman–Crippen LogP) is 22.3. The Labute approximate surface area is 946 Å². The average molecular weight is 3180 g/mol. The molecular formula is C108H82Ir7N30S-14. The van der Waals surface area contributed by atoms with Gasteiger partial charge in [-0.15, -0.1) is 91.2 Å². The molecular weight excluding hydrogens is 3090 g/mol. The minimum Gasteiger partial charge on any atom is -0.492 e. The average Bonchev–Trinajstić information content (AvgIpc) is 1.64. The number of benzene rings is 8. The summed E-state index contributed by atoms with van der Waals surface area (Å²) in [5.74, 6) is 6.02. The fourth-order valence-electron chi connectivity index (χ4n) is 15.7. The molecule has 0 spiro atoms. The number of anilines is 26. The van der Waals surface area contributed by atoms with E-state index in [1.54, 1.807) is 98.9 Å². The number of rotatable bonds is 13. The molecule has 11 aromatic heterocycles. The topological polar surface area (TPSA) is 252 Å². The molecule has 7 aliphatic heterocycles. The number of nitrogens with zero attached hydrogens (tertiary/aromatic N) is 30. The maximum atomic E-state index is 4.46. The molecule has 30 nitrogen and oxygen atoms in total. The van der Waals surface area contributed by atoms with E-state index < -0.39 is 0 Å². The molecule has 38 heteroatoms. The van der Waals surface area contributed by atoms with E-state index >= 15 is 0 Å². The van der Waals surface area contributed by atoms with Gasteiger partial charge >= 0.3 is 0 Å². The van der Waals surface area contributed by atoms with E-state index in [0.717, 1.165) is 143 Å². The van der Waals surface area contributed by atoms with Gasteiger partial charge < -0.3 is 68.6 Å². The molecule has 18 heterocycles. The van der Waals surface area contributed by atoms with Gasteiger partial charge in [-0.05, 0) is 105 Å². The predicted molar refractivity (Wildman–Crippen MR) is 543 cm³/mol. The third-order valence-corrected chi connectivity index (χ3v) is 23.0. The Morgan fingerprint density at radius 3 is 1.02 bits per heavy atom. The van der Waals surface area contributed by atoms with Crippen molar-refractivity contribution >= 4 is 159 Å². The molecule has 146 heavy (non-hydrogen) atoms. The summed E-state index contributed by atoms with van der Waals surface area (Å²) in [6.45, 7) is 20.4. The minimum atomic E-state index is 0. The van der Waals surface area contributed by atoms with Crippen molar-refractivity contribution in [3.63, 3.8) is 0 Å². The Morgan fingerprint density at radius 1 is 0.247 bits per heavy atom. The van der Waals surface area contributed by atoms with E-state index in [-0.39, 0.29) is 141 Å². The van der Waals surface area contributed by atoms with Gasteiger partial charge in [-0.3, -0.25) is 15.0 Å². The number of hydrogen-bond acceptors (Lipinski definition) is 31. The van der Waals surface area contributed by atoms with Gasteiger partial charge in [0.25, 0.3) is 0 Å². The van der Waals surface area contributed by atoms with Crippen molar-refractivity contribution in [2.24, 2.45) is 0 Å². The van der Waals surface area contributed by atoms with Gasteiger partial charge in [-0.25, -0.2) is 64.8 Å². The molecule has 0 saturated carbocycles. The summed E-state index contributed by atoms with van der Waals surface area (Å²) >= 11 is 1.72. The monoisotopic (exact) mass is 3180 g/mol. The quantitative estimate of drug-likeness (QED) is 0.0972. The van der Waals surface area contributed by atoms with E-state index in [9.17, 15) is 0 Å². The number of aromatic nitrogens is 16. The summed E-state index contributed by atoms with van der Waals surface area (Å²) in [6, 6.07) is 106. The fourth-order valence-corrected chi connectivity index (χ4v) is 16.4. The van der Waals surface area contributed by atoms with Crippen LogP contribution in [0.2, 0.25) is 0 Å². The normalized spacial score (nSPS) is 12.9. The Bertz CT molecular complexity index is 6720. The Hall–Kier alpha value is -13.7. The summed E-state index contributed by atoms with van der Waals surface area (Å²) < 4.78 is 0. The second-order valence-corrected chi connectivity index (χ2v) is 32.1. The first kappa shape index (κ1) is 110. The first-order valence-electron chi connectivity index (χ1n) is 44.0. The van der Waals surface area contributed by atoms with Crippen molar-refractivity contribution in [1.82, 2.24) is 79.7 Å². The SMILES string of the molecule is CC(C)N1[CH-]N(c2[c-]cccc2)c2cncnc21.CN1[CH-]N(c2[c-]cccc2)c2cncnc21.Cc1ccccc1N1[CH-]N(c2[c-]cccc2)c2cncnc21.[Ir].[Ir].[Ir].[Ir].[Ir].[Ir].[Ir].[c-]1ccccc1N1[CH-]N(c2ccccn2)c2ncncc21.[c-]1ccccc1N1[CH-]N(c2cccnc2)c2ncncc21.[c-]1ccccc1N1[CH-]N(c2cccs2)c2ccncc21.[c-]1ccccc1N1[CH-]N(c2ccncc2)c2ncncc21. The summed E-state index contributed by atoms with van der Waals surface area (Å²) in [6.07, 6.45) is 32.8. The molecule has 0 amide bonds. The molecule has 26 rings (SSSR count). The molecule has 0 atom stereocenters. The number of para-hydroxylation sites is 8. The number of thiophene rings is 1. The van der Waals surface area contributed by atoms with Crippen LogP contribution in [0, 0.1) is 96.1 Å². The Balaban J connectivity index is 0.000000142. The molecule has 8 aromatic carbocycles. The number of fused-ring (bicyclic) bond motifs is 7. The van der Waals surface area contributed by atoms with Gasteiger partial charge in [0.05, 0.1) is 82.0 Å². The molecule has 0 N–H and O–H groups in total. The zero-order valence-corrected chi connectivity index (χ0v) is 95.2. The Morgan fingerprint density at radius 2 is 0.603 bits per heavy atom. The van der Waals surface area contributed by atoms with E-state index in [1.165, 1.54) is 10.6 Å². The van der Waals surface area contributed by atoms with Gasteiger partial charge in [0.2, 0.25) is 0 Å². The van der Waals surface area contributed by atoms with E-state index in [4.69, 9.17) is 0 Å². The molecule has 0 fully saturated rings. The van der Waals surface area contributed by atoms with Gasteiger partial charge in [-0.1, -0.05) is 24.3 Å². The standard InChI is InChI=1S/C18H14N4.3C16H11N5.C16H11N3S.C14H14N4.C12H10N4.7Ir/c1-14-7-5-6-10-16(14)22-13-21(15-8-3-2-4-9-15)17-11-19-12-20-18(17)22;1-2-6-13(7-3-1)20-12-21(15-8-4-5-9-18-15)16-14(20)10-17-11-19-16;1-2-5-13(6-3-1)20-12-21(14-7-4-8-17-9-14)16-15(20)10-18-11-19-16;1-2-4-13(5-3-1)20-12-21(14-6-8-17-9-7-14)16-15(20)10-18-11-19-16;1-2-5-13(6-3-1)18-12-19(16-7-4-10-20-16)14-8-9-17-11-15(14)18;1-11(2)17-10-18(12-6-4-3-5-7-12)13-8-15-9-16-14(13)17;1-15-9-16(10-5-3-2-4-6-10)11-7-13-8-14-12(11)15;;;;;;;/h2-8,10-13H,1H3;1-6,8-12H;1-5,7-12H;1-4,6-12H;1-5,7-12H;3-6,8-11H,1-2H3;2-5,7-9H,1H3;;;;;;;/q7*-2;;;;;;;. The molecule has 19 aromatic rings. The largest absolute Gasteiger partial charge is 0.492 e. The van der Waals surface area contributed by atoms with E-state index in [2.05, 4.69) is 215 Å². The van der Waals surface area contributed by atoms with Crippen LogP contribution in [0.5, 0.6) is 0 Å². The van der Waals surface area contributed by atoms with Crippen LogP contribution in [0.4, 0.5) is 148 Å². The second-order valence-electron chi connectivity index (χ2n) is 31.2. The second kappa shape index (κ2) is 52.9. The van der Waals surface area contributed by atoms with Crippen LogP contribution in [0.1, 0.15) is 19.4 Å². The van der Waals surface area contributed by atoms with Crippen LogP contribution >= 0.6 is 11.3 Å². The van der Waals surface area contributed by atoms with Crippen molar-refractivity contribution in [3.05, 3.63) is 473 Å². The zero-order chi connectivity index (χ0) is 94.0. The summed E-state index contributed by atoms with van der Waals surface area (Å²) in [5, 5.41) is 3.28. The van der Waals surface area contributed by atoms with Crippen LogP contribution in [-0.2, 0) is 141 Å². The van der Waals surface area contributed by atoms with E-state index in [0.29, 0.717) is 6.04 Å². The van der Waals surface area contributed by atoms with Crippen molar-refractivity contribution in [2.45, 2.75) is 26.8 Å². The van der Waals surface area contributed by atoms with E-state index in [1.807, 2.05) is 341 Å². The molecule has 0 unspecified atom stereocenters. The summed E-state index contributed by atoms with van der Waals surface area (Å²) in [4.78, 5) is 96.5. The molecule has 7 radical (unpaired) electrons. The van der Waals surface area contributed by atoms with Crippen LogP contribution in [0.3, 0.4) is 0 Å². The maximum Gasteiger partial charge on any atom is 0.130 e. The third kappa shape index (κ3) is 24.6. The fraction of sp³-hybridized carbons (Fsp3) is 0.0463. The first-order chi connectivity index (χ1) is 68.7. The number of hydrogen-bond donors (Lipinski definition) is 0. The van der Waals surface area contributed by atoms with Gasteiger partial charge in [0.1, 0.15) is 78.7 Å². The van der Waals surface area contributed by atoms with Crippen LogP contribution in [-0.4, -0.2) is 92.8 Å². The molecule has 0 bridgehead atoms. The Kier molecular flexibility index (Phi) is 39.7. The van der Waals surface area contributed by atoms with Gasteiger partial charge in [-0.2, -0.15) is 219 Å². The molecule has 747 valence electrons. The van der Waals surface area contributed by atoms with Crippen molar-refractivity contribution in [3.8, 4) is 0 Å².